The molecule has 1 aromatic heterocycles. The van der Waals surface area contributed by atoms with Crippen LogP contribution in [0.5, 0.6) is 0 Å². The van der Waals surface area contributed by atoms with Crippen LogP contribution in [0.2, 0.25) is 0 Å². The first kappa shape index (κ1) is 11.9. The Labute approximate surface area is 101 Å². The number of thioether (sulfide) groups is 1. The lowest BCUT2D eigenvalue weighted by Crippen LogP contribution is -2.43. The summed E-state index contributed by atoms with van der Waals surface area (Å²) in [5, 5.41) is 7.25. The van der Waals surface area contributed by atoms with Crippen LogP contribution in [0, 0.1) is 5.92 Å². The lowest BCUT2D eigenvalue weighted by Gasteiger charge is -2.26. The lowest BCUT2D eigenvalue weighted by molar-refractivity contribution is 0.380. The van der Waals surface area contributed by atoms with E-state index in [1.165, 1.54) is 25.3 Å². The summed E-state index contributed by atoms with van der Waals surface area (Å²) in [5.74, 6) is 4.54. The molecule has 90 valence electrons. The van der Waals surface area contributed by atoms with Crippen molar-refractivity contribution in [3.8, 4) is 0 Å². The summed E-state index contributed by atoms with van der Waals surface area (Å²) in [4.78, 5) is 4.37. The Hall–Kier alpha value is -0.550. The van der Waals surface area contributed by atoms with Crippen molar-refractivity contribution in [1.29, 1.82) is 0 Å². The molecule has 0 spiro atoms. The maximum Gasteiger partial charge on any atom is 0.236 e. The van der Waals surface area contributed by atoms with E-state index < -0.39 is 0 Å². The molecule has 5 heteroatoms. The Bertz CT molecular complexity index is 312. The second kappa shape index (κ2) is 6.25. The van der Waals surface area contributed by atoms with Gasteiger partial charge in [0.25, 0.3) is 0 Å². The smallest absolute Gasteiger partial charge is 0.236 e. The van der Waals surface area contributed by atoms with E-state index in [-0.39, 0.29) is 0 Å². The van der Waals surface area contributed by atoms with Crippen molar-refractivity contribution in [2.75, 3.05) is 18.8 Å². The highest BCUT2D eigenvalue weighted by atomic mass is 32.2. The predicted octanol–water partition coefficient (Wildman–Crippen LogP) is 1.86. The first-order valence-corrected chi connectivity index (χ1v) is 7.14. The first-order chi connectivity index (χ1) is 7.88. The Kier molecular flexibility index (Phi) is 4.66. The van der Waals surface area contributed by atoms with Crippen molar-refractivity contribution in [2.24, 2.45) is 5.92 Å². The largest absolute Gasteiger partial charge is 0.338 e. The number of nitrogens with zero attached hydrogens (tertiary/aromatic N) is 2. The lowest BCUT2D eigenvalue weighted by atomic mass is 10.1. The zero-order chi connectivity index (χ0) is 11.2. The molecule has 2 rings (SSSR count). The molecule has 1 aliphatic heterocycles. The molecule has 2 heterocycles. The van der Waals surface area contributed by atoms with Crippen molar-refractivity contribution >= 4 is 11.8 Å². The summed E-state index contributed by atoms with van der Waals surface area (Å²) in [6.45, 7) is 4.50. The second-order valence-electron chi connectivity index (χ2n) is 4.25. The molecule has 0 unspecified atom stereocenters. The SMILES string of the molecule is CCCCc1noc(CSCC2CNC2)n1. The molecule has 16 heavy (non-hydrogen) atoms. The van der Waals surface area contributed by atoms with Crippen LogP contribution in [0.15, 0.2) is 4.52 Å². The highest BCUT2D eigenvalue weighted by Crippen LogP contribution is 2.16. The summed E-state index contributed by atoms with van der Waals surface area (Å²) >= 11 is 1.89. The number of unbranched alkanes of at least 4 members (excludes halogenated alkanes) is 1. The van der Waals surface area contributed by atoms with Crippen LogP contribution in [-0.4, -0.2) is 29.0 Å². The van der Waals surface area contributed by atoms with Gasteiger partial charge in [0.05, 0.1) is 5.75 Å². The molecule has 1 N–H and O–H groups in total. The topological polar surface area (TPSA) is 51.0 Å². The third kappa shape index (κ3) is 3.49. The van der Waals surface area contributed by atoms with Gasteiger partial charge in [0.2, 0.25) is 5.89 Å². The summed E-state index contributed by atoms with van der Waals surface area (Å²) in [7, 11) is 0. The van der Waals surface area contributed by atoms with Gasteiger partial charge >= 0.3 is 0 Å². The Balaban J connectivity index is 1.65. The summed E-state index contributed by atoms with van der Waals surface area (Å²) in [5.41, 5.74) is 0. The third-order valence-electron chi connectivity index (χ3n) is 2.71. The van der Waals surface area contributed by atoms with Crippen LogP contribution in [0.3, 0.4) is 0 Å². The molecule has 0 amide bonds. The van der Waals surface area contributed by atoms with Crippen molar-refractivity contribution in [1.82, 2.24) is 15.5 Å². The van der Waals surface area contributed by atoms with Gasteiger partial charge in [0.15, 0.2) is 5.82 Å². The number of hydrogen-bond donors (Lipinski definition) is 1. The Morgan fingerprint density at radius 1 is 1.50 bits per heavy atom. The fraction of sp³-hybridized carbons (Fsp3) is 0.818. The number of rotatable bonds is 7. The van der Waals surface area contributed by atoms with Gasteiger partial charge in [-0.2, -0.15) is 16.7 Å². The van der Waals surface area contributed by atoms with Gasteiger partial charge < -0.3 is 9.84 Å². The first-order valence-electron chi connectivity index (χ1n) is 5.98. The summed E-state index contributed by atoms with van der Waals surface area (Å²) in [6, 6.07) is 0. The molecular weight excluding hydrogens is 222 g/mol. The van der Waals surface area contributed by atoms with Crippen LogP contribution in [-0.2, 0) is 12.2 Å². The summed E-state index contributed by atoms with van der Waals surface area (Å²) in [6.07, 6.45) is 3.25. The Morgan fingerprint density at radius 2 is 2.38 bits per heavy atom. The molecule has 4 nitrogen and oxygen atoms in total. The molecule has 1 aromatic rings. The van der Waals surface area contributed by atoms with Crippen molar-refractivity contribution in [3.05, 3.63) is 11.7 Å². The van der Waals surface area contributed by atoms with E-state index in [2.05, 4.69) is 22.4 Å². The van der Waals surface area contributed by atoms with Crippen molar-refractivity contribution in [3.63, 3.8) is 0 Å². The normalized spacial score (nSPS) is 16.3. The van der Waals surface area contributed by atoms with Crippen LogP contribution in [0.25, 0.3) is 0 Å². The zero-order valence-electron chi connectivity index (χ0n) is 9.74. The minimum Gasteiger partial charge on any atom is -0.338 e. The monoisotopic (exact) mass is 241 g/mol. The van der Waals surface area contributed by atoms with E-state index in [0.717, 1.165) is 36.2 Å². The maximum absolute atomic E-state index is 5.20. The van der Waals surface area contributed by atoms with Gasteiger partial charge in [-0.3, -0.25) is 0 Å². The predicted molar refractivity (Wildman–Crippen MR) is 65.4 cm³/mol. The molecule has 0 saturated carbocycles. The molecule has 0 aromatic carbocycles. The fourth-order valence-corrected chi connectivity index (χ4v) is 2.54. The number of nitrogens with one attached hydrogen (secondary N) is 1. The van der Waals surface area contributed by atoms with Crippen LogP contribution in [0.4, 0.5) is 0 Å². The van der Waals surface area contributed by atoms with E-state index >= 15 is 0 Å². The van der Waals surface area contributed by atoms with Gasteiger partial charge in [-0.1, -0.05) is 18.5 Å². The standard InChI is InChI=1S/C11H19N3OS/c1-2-3-4-10-13-11(15-14-10)8-16-7-9-5-12-6-9/h9,12H,2-8H2,1H3. The fourth-order valence-electron chi connectivity index (χ4n) is 1.56. The van der Waals surface area contributed by atoms with Gasteiger partial charge in [0.1, 0.15) is 0 Å². The van der Waals surface area contributed by atoms with E-state index in [1.807, 2.05) is 11.8 Å². The Morgan fingerprint density at radius 3 is 3.06 bits per heavy atom. The van der Waals surface area contributed by atoms with Gasteiger partial charge in [0, 0.05) is 6.42 Å². The molecule has 1 saturated heterocycles. The maximum atomic E-state index is 5.20. The van der Waals surface area contributed by atoms with Crippen LogP contribution in [0.1, 0.15) is 31.5 Å². The molecule has 1 fully saturated rings. The van der Waals surface area contributed by atoms with Gasteiger partial charge in [-0.25, -0.2) is 0 Å². The summed E-state index contributed by atoms with van der Waals surface area (Å²) < 4.78 is 5.20. The molecule has 0 bridgehead atoms. The molecule has 0 aliphatic carbocycles. The van der Waals surface area contributed by atoms with Crippen LogP contribution < -0.4 is 5.32 Å². The number of hydrogen-bond acceptors (Lipinski definition) is 5. The van der Waals surface area contributed by atoms with E-state index in [4.69, 9.17) is 4.52 Å². The average Bonchev–Trinajstić information content (AvgIpc) is 2.67. The molecule has 0 radical (unpaired) electrons. The van der Waals surface area contributed by atoms with Crippen molar-refractivity contribution in [2.45, 2.75) is 31.9 Å². The average molecular weight is 241 g/mol. The minimum atomic E-state index is 0.781. The molecular formula is C11H19N3OS. The number of aromatic nitrogens is 2. The second-order valence-corrected chi connectivity index (χ2v) is 5.28. The highest BCUT2D eigenvalue weighted by molar-refractivity contribution is 7.98. The van der Waals surface area contributed by atoms with E-state index in [1.54, 1.807) is 0 Å². The zero-order valence-corrected chi connectivity index (χ0v) is 10.6. The number of aryl methyl sites for hydroxylation is 1. The molecule has 1 aliphatic rings. The third-order valence-corrected chi connectivity index (χ3v) is 3.87. The quantitative estimate of drug-likeness (QED) is 0.789. The van der Waals surface area contributed by atoms with Crippen molar-refractivity contribution < 1.29 is 4.52 Å². The minimum absolute atomic E-state index is 0.781. The molecule has 0 atom stereocenters. The van der Waals surface area contributed by atoms with E-state index in [9.17, 15) is 0 Å². The van der Waals surface area contributed by atoms with E-state index in [0.29, 0.717) is 0 Å². The van der Waals surface area contributed by atoms with Gasteiger partial charge in [-0.05, 0) is 31.2 Å². The van der Waals surface area contributed by atoms with Crippen LogP contribution >= 0.6 is 11.8 Å². The van der Waals surface area contributed by atoms with Gasteiger partial charge in [-0.15, -0.1) is 0 Å². The highest BCUT2D eigenvalue weighted by Gasteiger charge is 2.16.